The van der Waals surface area contributed by atoms with Crippen LogP contribution >= 0.6 is 0 Å². The molecule has 3 rings (SSSR count). The molecule has 3 heteroatoms. The van der Waals surface area contributed by atoms with Crippen LogP contribution in [0.4, 0.5) is 0 Å². The Labute approximate surface area is 142 Å². The number of ether oxygens (including phenoxy) is 1. The fourth-order valence-electron chi connectivity index (χ4n) is 3.18. The number of aliphatic hydroxyl groups excluding tert-OH is 1. The van der Waals surface area contributed by atoms with E-state index < -0.39 is 0 Å². The SMILES string of the molecule is COc1ccc2ccccc2c1[C@@H](Cc1ccccc1)NCCO. The summed E-state index contributed by atoms with van der Waals surface area (Å²) in [6.07, 6.45) is 0.838. The van der Waals surface area contributed by atoms with Crippen LogP contribution in [0.3, 0.4) is 0 Å². The third kappa shape index (κ3) is 3.58. The van der Waals surface area contributed by atoms with Crippen molar-refractivity contribution in [1.82, 2.24) is 5.32 Å². The lowest BCUT2D eigenvalue weighted by atomic mass is 9.93. The molecule has 0 heterocycles. The Morgan fingerprint density at radius 1 is 0.958 bits per heavy atom. The summed E-state index contributed by atoms with van der Waals surface area (Å²) in [5.41, 5.74) is 2.40. The number of nitrogens with one attached hydrogen (secondary N) is 1. The van der Waals surface area contributed by atoms with Crippen LogP contribution in [-0.4, -0.2) is 25.4 Å². The molecule has 0 saturated heterocycles. The molecule has 0 amide bonds. The number of methoxy groups -OCH3 is 1. The normalized spacial score (nSPS) is 12.2. The molecule has 124 valence electrons. The highest BCUT2D eigenvalue weighted by Crippen LogP contribution is 2.34. The van der Waals surface area contributed by atoms with Gasteiger partial charge < -0.3 is 15.2 Å². The summed E-state index contributed by atoms with van der Waals surface area (Å²) in [6.45, 7) is 0.655. The third-order valence-corrected chi connectivity index (χ3v) is 4.28. The highest BCUT2D eigenvalue weighted by Gasteiger charge is 2.19. The van der Waals surface area contributed by atoms with Gasteiger partial charge in [0.25, 0.3) is 0 Å². The van der Waals surface area contributed by atoms with Gasteiger partial charge in [0.15, 0.2) is 0 Å². The maximum Gasteiger partial charge on any atom is 0.124 e. The van der Waals surface area contributed by atoms with Crippen LogP contribution in [0.5, 0.6) is 5.75 Å². The second kappa shape index (κ2) is 7.95. The number of rotatable bonds is 7. The number of benzene rings is 3. The van der Waals surface area contributed by atoms with Gasteiger partial charge in [-0.2, -0.15) is 0 Å². The predicted molar refractivity (Wildman–Crippen MR) is 98.5 cm³/mol. The van der Waals surface area contributed by atoms with Gasteiger partial charge in [-0.25, -0.2) is 0 Å². The molecule has 0 saturated carbocycles. The Balaban J connectivity index is 2.07. The smallest absolute Gasteiger partial charge is 0.124 e. The first-order valence-electron chi connectivity index (χ1n) is 8.27. The molecule has 0 fully saturated rings. The minimum absolute atomic E-state index is 0.0700. The van der Waals surface area contributed by atoms with E-state index in [1.165, 1.54) is 16.3 Å². The number of hydrogen-bond donors (Lipinski definition) is 2. The van der Waals surface area contributed by atoms with Crippen LogP contribution in [0.1, 0.15) is 17.2 Å². The molecule has 0 aliphatic carbocycles. The summed E-state index contributed by atoms with van der Waals surface area (Å²) < 4.78 is 5.65. The Kier molecular flexibility index (Phi) is 5.47. The van der Waals surface area contributed by atoms with Gasteiger partial charge in [0.05, 0.1) is 13.7 Å². The summed E-state index contributed by atoms with van der Waals surface area (Å²) >= 11 is 0. The van der Waals surface area contributed by atoms with Gasteiger partial charge in [-0.15, -0.1) is 0 Å². The number of aliphatic hydroxyl groups is 1. The van der Waals surface area contributed by atoms with E-state index >= 15 is 0 Å². The van der Waals surface area contributed by atoms with E-state index in [0.29, 0.717) is 6.54 Å². The lowest BCUT2D eigenvalue weighted by Crippen LogP contribution is -2.27. The minimum atomic E-state index is 0.0700. The molecule has 2 N–H and O–H groups in total. The fourth-order valence-corrected chi connectivity index (χ4v) is 3.18. The lowest BCUT2D eigenvalue weighted by molar-refractivity contribution is 0.283. The van der Waals surface area contributed by atoms with Crippen molar-refractivity contribution in [3.63, 3.8) is 0 Å². The van der Waals surface area contributed by atoms with Gasteiger partial charge >= 0.3 is 0 Å². The first-order chi connectivity index (χ1) is 11.8. The molecule has 0 spiro atoms. The maximum absolute atomic E-state index is 9.27. The van der Waals surface area contributed by atoms with Gasteiger partial charge in [0.2, 0.25) is 0 Å². The Bertz CT molecular complexity index is 786. The average Bonchev–Trinajstić information content (AvgIpc) is 2.65. The highest BCUT2D eigenvalue weighted by atomic mass is 16.5. The maximum atomic E-state index is 9.27. The second-order valence-corrected chi connectivity index (χ2v) is 5.82. The molecule has 0 unspecified atom stereocenters. The van der Waals surface area contributed by atoms with Crippen molar-refractivity contribution in [3.8, 4) is 5.75 Å². The van der Waals surface area contributed by atoms with E-state index in [9.17, 15) is 5.11 Å². The van der Waals surface area contributed by atoms with Crippen LogP contribution in [0.15, 0.2) is 66.7 Å². The van der Waals surface area contributed by atoms with Crippen molar-refractivity contribution >= 4 is 10.8 Å². The van der Waals surface area contributed by atoms with Crippen molar-refractivity contribution in [3.05, 3.63) is 77.9 Å². The zero-order valence-corrected chi connectivity index (χ0v) is 13.9. The first kappa shape index (κ1) is 16.5. The van der Waals surface area contributed by atoms with Crippen LogP contribution < -0.4 is 10.1 Å². The molecule has 3 nitrogen and oxygen atoms in total. The van der Waals surface area contributed by atoms with Crippen molar-refractivity contribution in [2.75, 3.05) is 20.3 Å². The summed E-state index contributed by atoms with van der Waals surface area (Å²) in [7, 11) is 1.71. The van der Waals surface area contributed by atoms with Crippen LogP contribution in [0.25, 0.3) is 10.8 Å². The fraction of sp³-hybridized carbons (Fsp3) is 0.238. The summed E-state index contributed by atoms with van der Waals surface area (Å²) in [5, 5.41) is 15.1. The largest absolute Gasteiger partial charge is 0.496 e. The molecule has 3 aromatic rings. The molecule has 24 heavy (non-hydrogen) atoms. The summed E-state index contributed by atoms with van der Waals surface area (Å²) in [5.74, 6) is 0.875. The van der Waals surface area contributed by atoms with Crippen molar-refractivity contribution in [2.24, 2.45) is 0 Å². The third-order valence-electron chi connectivity index (χ3n) is 4.28. The van der Waals surface area contributed by atoms with E-state index in [2.05, 4.69) is 53.8 Å². The lowest BCUT2D eigenvalue weighted by Gasteiger charge is -2.23. The van der Waals surface area contributed by atoms with Crippen molar-refractivity contribution in [1.29, 1.82) is 0 Å². The molecular weight excluding hydrogens is 298 g/mol. The monoisotopic (exact) mass is 321 g/mol. The van der Waals surface area contributed by atoms with Crippen molar-refractivity contribution < 1.29 is 9.84 Å². The molecule has 0 radical (unpaired) electrons. The van der Waals surface area contributed by atoms with E-state index in [1.807, 2.05) is 18.2 Å². The summed E-state index contributed by atoms with van der Waals surface area (Å²) in [4.78, 5) is 0. The van der Waals surface area contributed by atoms with Crippen LogP contribution in [0, 0.1) is 0 Å². The zero-order chi connectivity index (χ0) is 16.8. The predicted octanol–water partition coefficient (Wildman–Crippen LogP) is 3.71. The molecule has 0 aliphatic heterocycles. The van der Waals surface area contributed by atoms with E-state index in [4.69, 9.17) is 4.74 Å². The van der Waals surface area contributed by atoms with Crippen LogP contribution in [0.2, 0.25) is 0 Å². The van der Waals surface area contributed by atoms with Gasteiger partial charge in [-0.1, -0.05) is 60.7 Å². The molecule has 1 atom stereocenters. The van der Waals surface area contributed by atoms with Crippen molar-refractivity contribution in [2.45, 2.75) is 12.5 Å². The van der Waals surface area contributed by atoms with E-state index in [1.54, 1.807) is 7.11 Å². The number of fused-ring (bicyclic) bond motifs is 1. The molecule has 0 aromatic heterocycles. The van der Waals surface area contributed by atoms with E-state index in [0.717, 1.165) is 17.7 Å². The van der Waals surface area contributed by atoms with Gasteiger partial charge in [0, 0.05) is 18.2 Å². The van der Waals surface area contributed by atoms with E-state index in [-0.39, 0.29) is 12.6 Å². The molecule has 3 aromatic carbocycles. The topological polar surface area (TPSA) is 41.5 Å². The quantitative estimate of drug-likeness (QED) is 0.697. The zero-order valence-electron chi connectivity index (χ0n) is 13.9. The average molecular weight is 321 g/mol. The first-order valence-corrected chi connectivity index (χ1v) is 8.27. The van der Waals surface area contributed by atoms with Gasteiger partial charge in [0.1, 0.15) is 5.75 Å². The molecular formula is C21H23NO2. The summed E-state index contributed by atoms with van der Waals surface area (Å²) in [6, 6.07) is 22.9. The number of hydrogen-bond acceptors (Lipinski definition) is 3. The minimum Gasteiger partial charge on any atom is -0.496 e. The Morgan fingerprint density at radius 2 is 1.71 bits per heavy atom. The Hall–Kier alpha value is -2.36. The highest BCUT2D eigenvalue weighted by molar-refractivity contribution is 5.88. The van der Waals surface area contributed by atoms with Crippen LogP contribution in [-0.2, 0) is 6.42 Å². The second-order valence-electron chi connectivity index (χ2n) is 5.82. The standard InChI is InChI=1S/C21H23NO2/c1-24-20-12-11-17-9-5-6-10-18(17)21(20)19(22-13-14-23)15-16-7-3-2-4-8-16/h2-12,19,22-23H,13-15H2,1H3/t19-/m1/s1. The molecule has 0 aliphatic rings. The van der Waals surface area contributed by atoms with Gasteiger partial charge in [-0.05, 0) is 28.8 Å². The molecule has 0 bridgehead atoms. The Morgan fingerprint density at radius 3 is 2.46 bits per heavy atom. The van der Waals surface area contributed by atoms with Gasteiger partial charge in [-0.3, -0.25) is 0 Å².